The van der Waals surface area contributed by atoms with Gasteiger partial charge in [-0.1, -0.05) is 6.58 Å². The Labute approximate surface area is 52.9 Å². The summed E-state index contributed by atoms with van der Waals surface area (Å²) in [6.45, 7) is 4.52. The molecular weight excluding hydrogens is 123 g/mol. The number of rotatable bonds is 0. The molecule has 0 spiro atoms. The zero-order chi connectivity index (χ0) is 7.07. The van der Waals surface area contributed by atoms with Gasteiger partial charge in [0, 0.05) is 0 Å². The van der Waals surface area contributed by atoms with E-state index in [1.165, 1.54) is 6.92 Å². The first kappa shape index (κ1) is 6.55. The van der Waals surface area contributed by atoms with E-state index >= 15 is 0 Å². The first-order valence-electron chi connectivity index (χ1n) is 2.72. The molecule has 1 fully saturated rings. The van der Waals surface area contributed by atoms with Crippen LogP contribution >= 0.6 is 0 Å². The van der Waals surface area contributed by atoms with Crippen LogP contribution in [0.15, 0.2) is 12.3 Å². The molecule has 0 aliphatic carbocycles. The third kappa shape index (κ3) is 0.920. The molecule has 0 aromatic heterocycles. The second-order valence-electron chi connectivity index (χ2n) is 2.44. The second-order valence-corrected chi connectivity index (χ2v) is 2.44. The van der Waals surface area contributed by atoms with E-state index in [0.29, 0.717) is 0 Å². The average molecular weight is 132 g/mol. The number of aliphatic hydroxyl groups excluding tert-OH is 1. The molecule has 0 aromatic carbocycles. The molecule has 2 unspecified atom stereocenters. The molecular formula is C6H9FO2. The minimum absolute atomic E-state index is 0.0903. The number of halogens is 1. The van der Waals surface area contributed by atoms with E-state index < -0.39 is 11.8 Å². The van der Waals surface area contributed by atoms with Crippen molar-refractivity contribution >= 4 is 0 Å². The van der Waals surface area contributed by atoms with Crippen LogP contribution in [0, 0.1) is 0 Å². The molecule has 9 heavy (non-hydrogen) atoms. The van der Waals surface area contributed by atoms with Gasteiger partial charge in [0.1, 0.15) is 18.5 Å². The SMILES string of the molecule is C=C1OCC(C)(F)C1O. The van der Waals surface area contributed by atoms with E-state index in [-0.39, 0.29) is 12.4 Å². The fourth-order valence-electron chi connectivity index (χ4n) is 0.727. The molecule has 1 heterocycles. The van der Waals surface area contributed by atoms with Gasteiger partial charge in [0.25, 0.3) is 0 Å². The monoisotopic (exact) mass is 132 g/mol. The van der Waals surface area contributed by atoms with E-state index in [1.807, 2.05) is 0 Å². The highest BCUT2D eigenvalue weighted by molar-refractivity contribution is 5.08. The van der Waals surface area contributed by atoms with Gasteiger partial charge >= 0.3 is 0 Å². The van der Waals surface area contributed by atoms with E-state index in [2.05, 4.69) is 11.3 Å². The van der Waals surface area contributed by atoms with Crippen LogP contribution in [0.5, 0.6) is 0 Å². The van der Waals surface area contributed by atoms with Crippen molar-refractivity contribution in [3.63, 3.8) is 0 Å². The van der Waals surface area contributed by atoms with Crippen LogP contribution in [-0.2, 0) is 4.74 Å². The van der Waals surface area contributed by atoms with Crippen molar-refractivity contribution in [1.29, 1.82) is 0 Å². The first-order valence-corrected chi connectivity index (χ1v) is 2.72. The van der Waals surface area contributed by atoms with E-state index in [1.54, 1.807) is 0 Å². The maximum Gasteiger partial charge on any atom is 0.174 e. The summed E-state index contributed by atoms with van der Waals surface area (Å²) in [7, 11) is 0. The average Bonchev–Trinajstić information content (AvgIpc) is 1.97. The number of hydrogen-bond donors (Lipinski definition) is 1. The Bertz CT molecular complexity index is 142. The summed E-state index contributed by atoms with van der Waals surface area (Å²) in [5.41, 5.74) is -1.64. The van der Waals surface area contributed by atoms with Gasteiger partial charge in [-0.3, -0.25) is 0 Å². The Morgan fingerprint density at radius 2 is 2.56 bits per heavy atom. The Hall–Kier alpha value is -0.570. The van der Waals surface area contributed by atoms with Crippen LogP contribution in [0.1, 0.15) is 6.92 Å². The summed E-state index contributed by atoms with van der Waals surface area (Å²) < 4.78 is 17.5. The summed E-state index contributed by atoms with van der Waals surface area (Å²) in [4.78, 5) is 0. The lowest BCUT2D eigenvalue weighted by Crippen LogP contribution is -2.31. The van der Waals surface area contributed by atoms with Crippen molar-refractivity contribution in [1.82, 2.24) is 0 Å². The molecule has 1 aliphatic rings. The third-order valence-corrected chi connectivity index (χ3v) is 1.41. The predicted molar refractivity (Wildman–Crippen MR) is 30.6 cm³/mol. The van der Waals surface area contributed by atoms with Crippen LogP contribution in [0.4, 0.5) is 4.39 Å². The summed E-state index contributed by atoms with van der Waals surface area (Å²) in [5.74, 6) is 0.125. The van der Waals surface area contributed by atoms with Crippen molar-refractivity contribution in [2.75, 3.05) is 6.61 Å². The minimum Gasteiger partial charge on any atom is -0.492 e. The molecule has 1 N–H and O–H groups in total. The third-order valence-electron chi connectivity index (χ3n) is 1.41. The van der Waals surface area contributed by atoms with Crippen LogP contribution in [0.25, 0.3) is 0 Å². The molecule has 52 valence electrons. The van der Waals surface area contributed by atoms with Gasteiger partial charge < -0.3 is 9.84 Å². The molecule has 0 saturated carbocycles. The van der Waals surface area contributed by atoms with Crippen molar-refractivity contribution in [2.24, 2.45) is 0 Å². The Morgan fingerprint density at radius 1 is 2.00 bits per heavy atom. The van der Waals surface area contributed by atoms with Crippen LogP contribution in [0.2, 0.25) is 0 Å². The normalized spacial score (nSPS) is 43.0. The molecule has 0 aromatic rings. The Kier molecular flexibility index (Phi) is 1.24. The van der Waals surface area contributed by atoms with E-state index in [4.69, 9.17) is 5.11 Å². The summed E-state index contributed by atoms with van der Waals surface area (Å²) >= 11 is 0. The summed E-state index contributed by atoms with van der Waals surface area (Å²) in [6, 6.07) is 0. The van der Waals surface area contributed by atoms with Crippen LogP contribution in [0.3, 0.4) is 0 Å². The largest absolute Gasteiger partial charge is 0.492 e. The predicted octanol–water partition coefficient (Wildman–Crippen LogP) is 0.619. The molecule has 0 amide bonds. The van der Waals surface area contributed by atoms with E-state index in [9.17, 15) is 4.39 Å². The summed E-state index contributed by atoms with van der Waals surface area (Å²) in [6.07, 6.45) is -1.16. The number of ether oxygens (including phenoxy) is 1. The number of alkyl halides is 1. The molecule has 0 radical (unpaired) electrons. The van der Waals surface area contributed by atoms with Gasteiger partial charge in [0.2, 0.25) is 0 Å². The second kappa shape index (κ2) is 1.70. The molecule has 1 saturated heterocycles. The lowest BCUT2D eigenvalue weighted by Gasteiger charge is -2.12. The fraction of sp³-hybridized carbons (Fsp3) is 0.667. The highest BCUT2D eigenvalue weighted by atomic mass is 19.1. The minimum atomic E-state index is -1.64. The molecule has 2 nitrogen and oxygen atoms in total. The van der Waals surface area contributed by atoms with Gasteiger partial charge in [-0.25, -0.2) is 4.39 Å². The molecule has 1 aliphatic heterocycles. The van der Waals surface area contributed by atoms with Crippen molar-refractivity contribution < 1.29 is 14.2 Å². The topological polar surface area (TPSA) is 29.5 Å². The zero-order valence-corrected chi connectivity index (χ0v) is 5.22. The van der Waals surface area contributed by atoms with Crippen molar-refractivity contribution in [2.45, 2.75) is 18.7 Å². The van der Waals surface area contributed by atoms with Crippen LogP contribution in [-0.4, -0.2) is 23.5 Å². The maximum absolute atomic E-state index is 12.8. The van der Waals surface area contributed by atoms with Gasteiger partial charge in [0.15, 0.2) is 5.67 Å². The molecule has 1 rings (SSSR count). The van der Waals surface area contributed by atoms with Gasteiger partial charge in [-0.2, -0.15) is 0 Å². The van der Waals surface area contributed by atoms with Gasteiger partial charge in [-0.05, 0) is 6.92 Å². The smallest absolute Gasteiger partial charge is 0.174 e. The molecule has 3 heteroatoms. The number of hydrogen-bond acceptors (Lipinski definition) is 2. The Morgan fingerprint density at radius 3 is 2.67 bits per heavy atom. The Balaban J connectivity index is 2.73. The zero-order valence-electron chi connectivity index (χ0n) is 5.22. The van der Waals surface area contributed by atoms with Gasteiger partial charge in [-0.15, -0.1) is 0 Å². The first-order chi connectivity index (χ1) is 4.04. The van der Waals surface area contributed by atoms with E-state index in [0.717, 1.165) is 0 Å². The lowest BCUT2D eigenvalue weighted by molar-refractivity contribution is 0.0526. The summed E-state index contributed by atoms with van der Waals surface area (Å²) in [5, 5.41) is 8.93. The van der Waals surface area contributed by atoms with Crippen molar-refractivity contribution in [3.05, 3.63) is 12.3 Å². The highest BCUT2D eigenvalue weighted by Crippen LogP contribution is 2.29. The lowest BCUT2D eigenvalue weighted by atomic mass is 10.1. The maximum atomic E-state index is 12.8. The number of aliphatic hydroxyl groups is 1. The standard InChI is InChI=1S/C6H9FO2/c1-4-5(8)6(2,7)3-9-4/h5,8H,1,3H2,2H3. The van der Waals surface area contributed by atoms with Gasteiger partial charge in [0.05, 0.1) is 0 Å². The molecule has 0 bridgehead atoms. The molecule has 2 atom stereocenters. The quantitative estimate of drug-likeness (QED) is 0.523. The highest BCUT2D eigenvalue weighted by Gasteiger charge is 2.42. The van der Waals surface area contributed by atoms with Crippen LogP contribution < -0.4 is 0 Å². The van der Waals surface area contributed by atoms with Crippen molar-refractivity contribution in [3.8, 4) is 0 Å². The fourth-order valence-corrected chi connectivity index (χ4v) is 0.727.